The highest BCUT2D eigenvalue weighted by molar-refractivity contribution is 7.26. The molecule has 67 heavy (non-hydrogen) atoms. The third-order valence-corrected chi connectivity index (χ3v) is 15.8. The minimum Gasteiger partial charge on any atom is -0.458 e. The summed E-state index contributed by atoms with van der Waals surface area (Å²) >= 11 is 1.88. The molecule has 0 amide bonds. The molecule has 2 aliphatic heterocycles. The first-order valence-corrected chi connectivity index (χ1v) is 23.7. The zero-order valence-electron chi connectivity index (χ0n) is 35.8. The van der Waals surface area contributed by atoms with E-state index in [2.05, 4.69) is 214 Å². The van der Waals surface area contributed by atoms with Gasteiger partial charge in [0, 0.05) is 87.1 Å². The van der Waals surface area contributed by atoms with Crippen LogP contribution in [0.3, 0.4) is 0 Å². The summed E-state index contributed by atoms with van der Waals surface area (Å²) < 4.78 is 23.8. The summed E-state index contributed by atoms with van der Waals surface area (Å²) in [5, 5.41) is 10.1. The van der Waals surface area contributed by atoms with Crippen LogP contribution in [0, 0.1) is 0 Å². The lowest BCUT2D eigenvalue weighted by atomic mass is 9.35. The van der Waals surface area contributed by atoms with Crippen molar-refractivity contribution in [2.24, 2.45) is 0 Å². The van der Waals surface area contributed by atoms with Gasteiger partial charge >= 0.3 is 0 Å². The molecule has 0 atom stereocenters. The lowest BCUT2D eigenvalue weighted by Crippen LogP contribution is -2.57. The van der Waals surface area contributed by atoms with E-state index < -0.39 is 0 Å². The lowest BCUT2D eigenvalue weighted by molar-refractivity contribution is 0.464. The molecule has 0 unspecified atom stereocenters. The van der Waals surface area contributed by atoms with Crippen molar-refractivity contribution < 1.29 is 9.47 Å². The summed E-state index contributed by atoms with van der Waals surface area (Å²) in [5.41, 5.74) is 13.6. The van der Waals surface area contributed by atoms with E-state index in [1.807, 2.05) is 17.4 Å². The molecule has 10 aromatic carbocycles. The molecule has 310 valence electrons. The maximum Gasteiger partial charge on any atom is 0.260 e. The molecule has 0 bridgehead atoms. The number of nitrogens with zero attached hydrogens (tertiary/aromatic N) is 3. The van der Waals surface area contributed by atoms with Gasteiger partial charge in [0.05, 0.1) is 33.1 Å². The molecule has 0 aliphatic carbocycles. The summed E-state index contributed by atoms with van der Waals surface area (Å²) in [7, 11) is 0. The Morgan fingerprint density at radius 1 is 0.343 bits per heavy atom. The summed E-state index contributed by atoms with van der Waals surface area (Å²) in [4.78, 5) is 0. The predicted octanol–water partition coefficient (Wildman–Crippen LogP) is 14.1. The topological polar surface area (TPSA) is 33.2 Å². The van der Waals surface area contributed by atoms with Gasteiger partial charge in [-0.15, -0.1) is 11.3 Å². The van der Waals surface area contributed by atoms with Crippen molar-refractivity contribution in [2.45, 2.75) is 0 Å². The van der Waals surface area contributed by atoms with Gasteiger partial charge in [-0.2, -0.15) is 0 Å². The molecule has 7 heteroatoms. The van der Waals surface area contributed by atoms with E-state index in [0.717, 1.165) is 62.0 Å². The molecule has 14 aromatic rings. The molecule has 0 fully saturated rings. The number of ether oxygens (including phenoxy) is 2. The first-order chi connectivity index (χ1) is 33.2. The molecular weight excluding hydrogens is 838 g/mol. The lowest BCUT2D eigenvalue weighted by Gasteiger charge is -2.33. The number of rotatable bonds is 3. The minimum atomic E-state index is -0.0770. The van der Waals surface area contributed by atoms with Crippen LogP contribution in [-0.4, -0.2) is 20.4 Å². The van der Waals surface area contributed by atoms with Gasteiger partial charge in [-0.25, -0.2) is 0 Å². The Morgan fingerprint density at radius 3 is 1.58 bits per heavy atom. The SMILES string of the molecule is c1ccc(-n2c3ccccc3c3c2ccc2c4ccccc4n(-c4ccc5c(c4)Oc4cccc6c4B5c4ccc(-n5c7ccccc7c7c8sc9ccccc9c8ccc75)cc4O6)c23)cc1. The molecule has 0 radical (unpaired) electrons. The molecule has 0 saturated carbocycles. The molecule has 4 aromatic heterocycles. The average molecular weight is 872 g/mol. The number of benzene rings is 10. The number of hydrogen-bond donors (Lipinski definition) is 0. The fourth-order valence-electron chi connectivity index (χ4n) is 11.8. The number of para-hydroxylation sites is 4. The van der Waals surface area contributed by atoms with Crippen LogP contribution in [-0.2, 0) is 0 Å². The summed E-state index contributed by atoms with van der Waals surface area (Å²) in [6.07, 6.45) is 0. The predicted molar refractivity (Wildman–Crippen MR) is 280 cm³/mol. The van der Waals surface area contributed by atoms with Gasteiger partial charge in [0.25, 0.3) is 6.71 Å². The van der Waals surface area contributed by atoms with Crippen LogP contribution in [0.4, 0.5) is 0 Å². The summed E-state index contributed by atoms with van der Waals surface area (Å²) in [5.74, 6) is 3.36. The van der Waals surface area contributed by atoms with Gasteiger partial charge in [-0.1, -0.05) is 121 Å². The zero-order valence-corrected chi connectivity index (χ0v) is 36.6. The van der Waals surface area contributed by atoms with Crippen LogP contribution in [0.2, 0.25) is 0 Å². The van der Waals surface area contributed by atoms with Crippen molar-refractivity contribution in [3.8, 4) is 40.1 Å². The normalized spacial score (nSPS) is 13.0. The Balaban J connectivity index is 0.889. The average Bonchev–Trinajstić information content (AvgIpc) is 4.12. The van der Waals surface area contributed by atoms with Gasteiger partial charge in [0.2, 0.25) is 0 Å². The maximum absolute atomic E-state index is 6.96. The van der Waals surface area contributed by atoms with Gasteiger partial charge in [-0.3, -0.25) is 0 Å². The van der Waals surface area contributed by atoms with Gasteiger partial charge in [-0.05, 0) is 83.7 Å². The van der Waals surface area contributed by atoms with Crippen molar-refractivity contribution in [1.82, 2.24) is 13.7 Å². The highest BCUT2D eigenvalue weighted by Crippen LogP contribution is 2.46. The highest BCUT2D eigenvalue weighted by atomic mass is 32.1. The molecule has 2 aliphatic rings. The second-order valence-electron chi connectivity index (χ2n) is 17.9. The monoisotopic (exact) mass is 871 g/mol. The van der Waals surface area contributed by atoms with Crippen LogP contribution < -0.4 is 25.9 Å². The summed E-state index contributed by atoms with van der Waals surface area (Å²) in [6.45, 7) is -0.0770. The van der Waals surface area contributed by atoms with Crippen molar-refractivity contribution in [3.05, 3.63) is 206 Å². The Kier molecular flexibility index (Phi) is 6.98. The van der Waals surface area contributed by atoms with E-state index >= 15 is 0 Å². The van der Waals surface area contributed by atoms with E-state index in [-0.39, 0.29) is 6.71 Å². The number of hydrogen-bond acceptors (Lipinski definition) is 3. The number of thiophene rings is 1. The van der Waals surface area contributed by atoms with Crippen molar-refractivity contribution in [3.63, 3.8) is 0 Å². The number of aromatic nitrogens is 3. The van der Waals surface area contributed by atoms with Gasteiger partial charge < -0.3 is 23.2 Å². The summed E-state index contributed by atoms with van der Waals surface area (Å²) in [6, 6.07) is 74.9. The Hall–Kier alpha value is -8.52. The maximum atomic E-state index is 6.96. The first kappa shape index (κ1) is 35.8. The fraction of sp³-hybridized carbons (Fsp3) is 0. The van der Waals surface area contributed by atoms with E-state index in [4.69, 9.17) is 9.47 Å². The molecule has 0 N–H and O–H groups in total. The molecule has 0 saturated heterocycles. The Labute approximate surface area is 387 Å². The highest BCUT2D eigenvalue weighted by Gasteiger charge is 2.40. The minimum absolute atomic E-state index is 0.0770. The third-order valence-electron chi connectivity index (χ3n) is 14.6. The molecular formula is C60H34BN3O2S. The van der Waals surface area contributed by atoms with Crippen LogP contribution in [0.15, 0.2) is 206 Å². The standard InChI is InChI=1S/C60H34BN3O2S/c1-2-13-35(14-3-1)62-47-20-9-5-17-42(47)56-49(62)31-27-40-38-15-4-8-19-46(38)64(59(40)56)37-26-30-45-54(34-37)66-52-23-12-22-51-58(52)61(45)44-29-25-36(33-53(44)65-51)63-48-21-10-6-18-43(48)57-50(63)32-28-41-39-16-7-11-24-55(39)67-60(41)57/h1-34H. The first-order valence-electron chi connectivity index (χ1n) is 22.9. The van der Waals surface area contributed by atoms with E-state index in [1.54, 1.807) is 0 Å². The molecule has 6 heterocycles. The van der Waals surface area contributed by atoms with Crippen LogP contribution in [0.25, 0.3) is 103 Å². The Morgan fingerprint density at radius 2 is 0.881 bits per heavy atom. The van der Waals surface area contributed by atoms with Crippen LogP contribution in [0.5, 0.6) is 23.0 Å². The third kappa shape index (κ3) is 4.73. The number of fused-ring (bicyclic) bond motifs is 18. The van der Waals surface area contributed by atoms with Crippen molar-refractivity contribution in [2.75, 3.05) is 0 Å². The fourth-order valence-corrected chi connectivity index (χ4v) is 13.1. The van der Waals surface area contributed by atoms with E-state index in [9.17, 15) is 0 Å². The van der Waals surface area contributed by atoms with Gasteiger partial charge in [0.1, 0.15) is 23.0 Å². The Bertz CT molecular complexity index is 4480. The van der Waals surface area contributed by atoms with E-state index in [0.29, 0.717) is 0 Å². The quantitative estimate of drug-likeness (QED) is 0.166. The smallest absolute Gasteiger partial charge is 0.260 e. The van der Waals surface area contributed by atoms with Crippen LogP contribution >= 0.6 is 11.3 Å². The second-order valence-corrected chi connectivity index (χ2v) is 19.0. The molecule has 5 nitrogen and oxygen atoms in total. The van der Waals surface area contributed by atoms with Gasteiger partial charge in [0.15, 0.2) is 0 Å². The van der Waals surface area contributed by atoms with E-state index in [1.165, 1.54) is 80.1 Å². The van der Waals surface area contributed by atoms with Crippen molar-refractivity contribution >= 4 is 120 Å². The molecule has 0 spiro atoms. The molecule has 16 rings (SSSR count). The second kappa shape index (κ2) is 13.1. The van der Waals surface area contributed by atoms with Crippen LogP contribution in [0.1, 0.15) is 0 Å². The largest absolute Gasteiger partial charge is 0.458 e. The van der Waals surface area contributed by atoms with Crippen molar-refractivity contribution in [1.29, 1.82) is 0 Å². The zero-order chi connectivity index (χ0) is 43.5.